The minimum atomic E-state index is 0.354. The van der Waals surface area contributed by atoms with Crippen LogP contribution in [-0.2, 0) is 0 Å². The minimum absolute atomic E-state index is 0.354. The highest BCUT2D eigenvalue weighted by Gasteiger charge is 2.57. The minimum Gasteiger partial charge on any atom is -0.396 e. The molecule has 0 heterocycles. The Morgan fingerprint density at radius 3 is 2.50 bits per heavy atom. The molecule has 20 heavy (non-hydrogen) atoms. The van der Waals surface area contributed by atoms with Crippen molar-refractivity contribution in [2.45, 2.75) is 46.5 Å². The van der Waals surface area contributed by atoms with Crippen LogP contribution >= 0.6 is 0 Å². The van der Waals surface area contributed by atoms with Crippen molar-refractivity contribution in [3.63, 3.8) is 0 Å². The molecule has 2 heteroatoms. The number of aliphatic hydroxyl groups excluding tert-OH is 1. The van der Waals surface area contributed by atoms with Crippen LogP contribution in [0.4, 0.5) is 0 Å². The molecule has 4 unspecified atom stereocenters. The molecule has 3 aliphatic carbocycles. The van der Waals surface area contributed by atoms with Gasteiger partial charge in [-0.1, -0.05) is 31.2 Å². The summed E-state index contributed by atoms with van der Waals surface area (Å²) in [6, 6.07) is 4.68. The summed E-state index contributed by atoms with van der Waals surface area (Å²) in [5, 5.41) is 11.5. The lowest BCUT2D eigenvalue weighted by molar-refractivity contribution is -0.128. The topological polar surface area (TPSA) is 20.2 Å². The van der Waals surface area contributed by atoms with Gasteiger partial charge in [0, 0.05) is 16.8 Å². The van der Waals surface area contributed by atoms with Crippen molar-refractivity contribution in [2.24, 2.45) is 23.2 Å². The molecule has 1 aromatic carbocycles. The largest absolute Gasteiger partial charge is 0.396 e. The second-order valence-corrected chi connectivity index (χ2v) is 8.85. The summed E-state index contributed by atoms with van der Waals surface area (Å²) in [6.07, 6.45) is 2.61. The van der Waals surface area contributed by atoms with Crippen molar-refractivity contribution < 1.29 is 5.11 Å². The zero-order chi connectivity index (χ0) is 14.7. The van der Waals surface area contributed by atoms with Gasteiger partial charge in [-0.2, -0.15) is 0 Å². The van der Waals surface area contributed by atoms with Gasteiger partial charge in [-0.3, -0.25) is 0 Å². The average molecular weight is 289 g/mol. The van der Waals surface area contributed by atoms with E-state index in [2.05, 4.69) is 39.8 Å². The number of hydrogen-bond acceptors (Lipinski definition) is 1. The molecule has 3 saturated carbocycles. The van der Waals surface area contributed by atoms with Crippen LogP contribution in [0.2, 0.25) is 0 Å². The Labute approximate surface area is 126 Å². The first kappa shape index (κ1) is 14.3. The molecule has 0 saturated heterocycles. The van der Waals surface area contributed by atoms with E-state index >= 15 is 0 Å². The van der Waals surface area contributed by atoms with Gasteiger partial charge >= 0.3 is 0 Å². The smallest absolute Gasteiger partial charge is 0.0467 e. The fourth-order valence-corrected chi connectivity index (χ4v) is 5.48. The highest BCUT2D eigenvalue weighted by Crippen LogP contribution is 2.65. The van der Waals surface area contributed by atoms with Crippen molar-refractivity contribution in [1.82, 2.24) is 0 Å². The van der Waals surface area contributed by atoms with Crippen molar-refractivity contribution in [3.05, 3.63) is 28.8 Å². The predicted molar refractivity (Wildman–Crippen MR) is 88.8 cm³/mol. The summed E-state index contributed by atoms with van der Waals surface area (Å²) in [7, 11) is 1.13. The van der Waals surface area contributed by atoms with Gasteiger partial charge < -0.3 is 5.11 Å². The molecule has 110 valence electrons. The standard InChI is InChI=1S/C18H28OSi/c1-10-11(2)17(20)6-5-13(10)14-7-12-8-16(15(14)9-19)18(12,3)4/h5-6,12,14-16,19H,7-9H2,1-4,20H3. The van der Waals surface area contributed by atoms with E-state index in [0.717, 1.165) is 16.2 Å². The number of hydrogen-bond donors (Lipinski definition) is 1. The molecule has 0 amide bonds. The van der Waals surface area contributed by atoms with E-state index < -0.39 is 0 Å². The highest BCUT2D eigenvalue weighted by molar-refractivity contribution is 6.33. The quantitative estimate of drug-likeness (QED) is 0.826. The van der Waals surface area contributed by atoms with Gasteiger partial charge in [-0.05, 0) is 72.5 Å². The Balaban J connectivity index is 1.98. The van der Waals surface area contributed by atoms with E-state index in [-0.39, 0.29) is 0 Å². The first-order valence-electron chi connectivity index (χ1n) is 8.05. The van der Waals surface area contributed by atoms with Crippen molar-refractivity contribution in [3.8, 4) is 0 Å². The lowest BCUT2D eigenvalue weighted by atomic mass is 9.42. The van der Waals surface area contributed by atoms with Gasteiger partial charge in [0.15, 0.2) is 0 Å². The zero-order valence-corrected chi connectivity index (χ0v) is 15.5. The monoisotopic (exact) mass is 288 g/mol. The third-order valence-electron chi connectivity index (χ3n) is 6.83. The fourth-order valence-electron chi connectivity index (χ4n) is 4.94. The summed E-state index contributed by atoms with van der Waals surface area (Å²) >= 11 is 0. The van der Waals surface area contributed by atoms with E-state index in [9.17, 15) is 5.11 Å². The van der Waals surface area contributed by atoms with Gasteiger partial charge in [-0.15, -0.1) is 0 Å². The molecule has 4 atom stereocenters. The normalized spacial score (nSPS) is 34.9. The molecule has 1 nitrogen and oxygen atoms in total. The SMILES string of the molecule is Cc1c([SiH3])ccc(C2CC3CC(C2CO)C3(C)C)c1C. The van der Waals surface area contributed by atoms with Crippen LogP contribution in [0.5, 0.6) is 0 Å². The van der Waals surface area contributed by atoms with Crippen LogP contribution in [0.15, 0.2) is 12.1 Å². The molecule has 1 aromatic rings. The Bertz CT molecular complexity index is 534. The highest BCUT2D eigenvalue weighted by atomic mass is 28.1. The predicted octanol–water partition coefficient (Wildman–Crippen LogP) is 2.05. The third kappa shape index (κ3) is 1.84. The number of aliphatic hydroxyl groups is 1. The first-order chi connectivity index (χ1) is 9.37. The average Bonchev–Trinajstić information content (AvgIpc) is 2.44. The van der Waals surface area contributed by atoms with Crippen molar-refractivity contribution in [1.29, 1.82) is 0 Å². The first-order valence-corrected chi connectivity index (χ1v) is 9.05. The Morgan fingerprint density at radius 2 is 1.90 bits per heavy atom. The Hall–Kier alpha value is -0.603. The molecule has 0 radical (unpaired) electrons. The molecule has 4 rings (SSSR count). The number of rotatable bonds is 2. The maximum Gasteiger partial charge on any atom is 0.0467 e. The van der Waals surface area contributed by atoms with Crippen LogP contribution in [-0.4, -0.2) is 22.0 Å². The molecule has 3 fully saturated rings. The summed E-state index contributed by atoms with van der Waals surface area (Å²) in [6.45, 7) is 9.72. The third-order valence-corrected chi connectivity index (χ3v) is 7.91. The molecule has 3 aliphatic rings. The number of fused-ring (bicyclic) bond motifs is 2. The van der Waals surface area contributed by atoms with Crippen LogP contribution in [0.25, 0.3) is 0 Å². The van der Waals surface area contributed by atoms with Gasteiger partial charge in [0.1, 0.15) is 0 Å². The van der Waals surface area contributed by atoms with E-state index in [1.54, 1.807) is 0 Å². The number of benzene rings is 1. The van der Waals surface area contributed by atoms with Gasteiger partial charge in [-0.25, -0.2) is 0 Å². The molecular formula is C18H28OSi. The molecule has 2 bridgehead atoms. The second kappa shape index (κ2) is 4.71. The van der Waals surface area contributed by atoms with Gasteiger partial charge in [0.2, 0.25) is 0 Å². The fraction of sp³-hybridized carbons (Fsp3) is 0.667. The van der Waals surface area contributed by atoms with Crippen LogP contribution < -0.4 is 5.19 Å². The summed E-state index contributed by atoms with van der Waals surface area (Å²) in [4.78, 5) is 0. The Kier molecular flexibility index (Phi) is 3.37. The lowest BCUT2D eigenvalue weighted by Gasteiger charge is -2.62. The zero-order valence-electron chi connectivity index (χ0n) is 13.5. The maximum atomic E-state index is 9.97. The summed E-state index contributed by atoms with van der Waals surface area (Å²) in [5.74, 6) is 2.62. The van der Waals surface area contributed by atoms with Gasteiger partial charge in [0.05, 0.1) is 0 Å². The molecule has 1 N–H and O–H groups in total. The lowest BCUT2D eigenvalue weighted by Crippen LogP contribution is -2.56. The van der Waals surface area contributed by atoms with Crippen LogP contribution in [0.3, 0.4) is 0 Å². The molecule has 0 aliphatic heterocycles. The summed E-state index contributed by atoms with van der Waals surface area (Å²) in [5.41, 5.74) is 4.94. The van der Waals surface area contributed by atoms with Crippen molar-refractivity contribution >= 4 is 15.4 Å². The molecule has 0 spiro atoms. The van der Waals surface area contributed by atoms with Crippen LogP contribution in [0.1, 0.15) is 49.3 Å². The van der Waals surface area contributed by atoms with E-state index in [4.69, 9.17) is 0 Å². The maximum absolute atomic E-state index is 9.97. The van der Waals surface area contributed by atoms with E-state index in [0.29, 0.717) is 29.8 Å². The second-order valence-electron chi connectivity index (χ2n) is 7.77. The van der Waals surface area contributed by atoms with E-state index in [1.807, 2.05) is 0 Å². The van der Waals surface area contributed by atoms with Crippen molar-refractivity contribution in [2.75, 3.05) is 6.61 Å². The molecular weight excluding hydrogens is 260 g/mol. The Morgan fingerprint density at radius 1 is 1.20 bits per heavy atom. The van der Waals surface area contributed by atoms with Crippen LogP contribution in [0, 0.1) is 37.0 Å². The molecule has 0 aromatic heterocycles. The van der Waals surface area contributed by atoms with E-state index in [1.165, 1.54) is 34.7 Å². The summed E-state index contributed by atoms with van der Waals surface area (Å²) < 4.78 is 0. The van der Waals surface area contributed by atoms with Gasteiger partial charge in [0.25, 0.3) is 0 Å².